The van der Waals surface area contributed by atoms with Crippen molar-refractivity contribution in [3.8, 4) is 0 Å². The highest BCUT2D eigenvalue weighted by Crippen LogP contribution is 2.28. The van der Waals surface area contributed by atoms with Gasteiger partial charge in [-0.1, -0.05) is 25.7 Å². The quantitative estimate of drug-likeness (QED) is 0.511. The van der Waals surface area contributed by atoms with Crippen LogP contribution in [0.3, 0.4) is 0 Å². The fourth-order valence-electron chi connectivity index (χ4n) is 2.40. The fourth-order valence-corrected chi connectivity index (χ4v) is 2.40. The molecular weight excluding hydrogens is 202 g/mol. The van der Waals surface area contributed by atoms with Gasteiger partial charge in [0.15, 0.2) is 0 Å². The van der Waals surface area contributed by atoms with Crippen LogP contribution >= 0.6 is 0 Å². The van der Waals surface area contributed by atoms with Gasteiger partial charge in [-0.3, -0.25) is 4.79 Å². The summed E-state index contributed by atoms with van der Waals surface area (Å²) in [4.78, 5) is 10.8. The molecular formula is C13H25NO2. The number of hydrogen-bond donors (Lipinski definition) is 1. The highest BCUT2D eigenvalue weighted by Gasteiger charge is 2.13. The molecule has 0 atom stereocenters. The maximum Gasteiger partial charge on any atom is 0.305 e. The first-order valence-corrected chi connectivity index (χ1v) is 6.60. The lowest BCUT2D eigenvalue weighted by Gasteiger charge is -2.08. The van der Waals surface area contributed by atoms with Gasteiger partial charge in [0.25, 0.3) is 0 Å². The number of carbonyl (C=O) groups excluding carboxylic acids is 1. The van der Waals surface area contributed by atoms with Crippen molar-refractivity contribution in [1.29, 1.82) is 0 Å². The summed E-state index contributed by atoms with van der Waals surface area (Å²) < 4.78 is 4.58. The first kappa shape index (κ1) is 13.5. The average molecular weight is 227 g/mol. The van der Waals surface area contributed by atoms with Gasteiger partial charge >= 0.3 is 5.97 Å². The summed E-state index contributed by atoms with van der Waals surface area (Å²) in [7, 11) is 1.44. The van der Waals surface area contributed by atoms with Gasteiger partial charge in [-0.25, -0.2) is 0 Å². The second-order valence-corrected chi connectivity index (χ2v) is 4.72. The zero-order chi connectivity index (χ0) is 11.6. The van der Waals surface area contributed by atoms with Crippen molar-refractivity contribution in [1.82, 2.24) is 5.32 Å². The number of nitrogens with one attached hydrogen (secondary N) is 1. The lowest BCUT2D eigenvalue weighted by Crippen LogP contribution is -2.18. The molecule has 1 aliphatic rings. The third-order valence-electron chi connectivity index (χ3n) is 3.40. The van der Waals surface area contributed by atoms with Crippen molar-refractivity contribution in [2.75, 3.05) is 20.2 Å². The number of rotatable bonds is 8. The molecule has 1 aliphatic carbocycles. The molecule has 3 heteroatoms. The number of carbonyl (C=O) groups is 1. The van der Waals surface area contributed by atoms with Crippen LogP contribution in [-0.2, 0) is 9.53 Å². The van der Waals surface area contributed by atoms with Gasteiger partial charge in [-0.2, -0.15) is 0 Å². The van der Waals surface area contributed by atoms with E-state index in [4.69, 9.17) is 0 Å². The Labute approximate surface area is 98.9 Å². The van der Waals surface area contributed by atoms with E-state index in [1.54, 1.807) is 0 Å². The standard InChI is InChI=1S/C13H25NO2/c1-16-13(15)9-5-11-14-10-4-8-12-6-2-3-7-12/h12,14H,2-11H2,1H3. The summed E-state index contributed by atoms with van der Waals surface area (Å²) in [5.74, 6) is 0.893. The Hall–Kier alpha value is -0.570. The first-order chi connectivity index (χ1) is 7.83. The minimum absolute atomic E-state index is 0.104. The van der Waals surface area contributed by atoms with E-state index in [0.29, 0.717) is 6.42 Å². The third-order valence-corrected chi connectivity index (χ3v) is 3.40. The van der Waals surface area contributed by atoms with Crippen molar-refractivity contribution < 1.29 is 9.53 Å². The van der Waals surface area contributed by atoms with E-state index in [1.807, 2.05) is 0 Å². The minimum atomic E-state index is -0.104. The maximum atomic E-state index is 10.8. The number of esters is 1. The summed E-state index contributed by atoms with van der Waals surface area (Å²) in [5.41, 5.74) is 0. The Balaban J connectivity index is 1.79. The average Bonchev–Trinajstić information content (AvgIpc) is 2.80. The zero-order valence-corrected chi connectivity index (χ0v) is 10.5. The predicted octanol–water partition coefficient (Wildman–Crippen LogP) is 2.50. The van der Waals surface area contributed by atoms with E-state index in [1.165, 1.54) is 45.6 Å². The molecule has 0 unspecified atom stereocenters. The van der Waals surface area contributed by atoms with Gasteiger partial charge in [0.05, 0.1) is 7.11 Å². The van der Waals surface area contributed by atoms with Gasteiger partial charge in [-0.15, -0.1) is 0 Å². The fraction of sp³-hybridized carbons (Fsp3) is 0.923. The molecule has 0 heterocycles. The van der Waals surface area contributed by atoms with Crippen LogP contribution in [0.1, 0.15) is 51.4 Å². The van der Waals surface area contributed by atoms with Gasteiger partial charge in [0.2, 0.25) is 0 Å². The zero-order valence-electron chi connectivity index (χ0n) is 10.5. The molecule has 0 aromatic heterocycles. The molecule has 0 bridgehead atoms. The summed E-state index contributed by atoms with van der Waals surface area (Å²) in [6.45, 7) is 2.03. The molecule has 1 N–H and O–H groups in total. The van der Waals surface area contributed by atoms with E-state index >= 15 is 0 Å². The molecule has 0 amide bonds. The van der Waals surface area contributed by atoms with Crippen LogP contribution in [0.25, 0.3) is 0 Å². The monoisotopic (exact) mass is 227 g/mol. The Morgan fingerprint density at radius 3 is 2.62 bits per heavy atom. The molecule has 1 fully saturated rings. The van der Waals surface area contributed by atoms with Crippen LogP contribution in [0.5, 0.6) is 0 Å². The van der Waals surface area contributed by atoms with Crippen molar-refractivity contribution >= 4 is 5.97 Å². The highest BCUT2D eigenvalue weighted by molar-refractivity contribution is 5.68. The lowest BCUT2D eigenvalue weighted by atomic mass is 10.0. The molecule has 0 aliphatic heterocycles. The minimum Gasteiger partial charge on any atom is -0.469 e. The van der Waals surface area contributed by atoms with E-state index in [0.717, 1.165) is 25.4 Å². The molecule has 16 heavy (non-hydrogen) atoms. The number of methoxy groups -OCH3 is 1. The van der Waals surface area contributed by atoms with Crippen LogP contribution in [0.15, 0.2) is 0 Å². The summed E-state index contributed by atoms with van der Waals surface area (Å²) in [6, 6.07) is 0. The Kier molecular flexibility index (Phi) is 7.23. The summed E-state index contributed by atoms with van der Waals surface area (Å²) in [5, 5.41) is 3.38. The Morgan fingerprint density at radius 1 is 1.25 bits per heavy atom. The molecule has 3 nitrogen and oxygen atoms in total. The number of hydrogen-bond acceptors (Lipinski definition) is 3. The van der Waals surface area contributed by atoms with E-state index in [2.05, 4.69) is 10.1 Å². The number of ether oxygens (including phenoxy) is 1. The van der Waals surface area contributed by atoms with Crippen LogP contribution in [-0.4, -0.2) is 26.2 Å². The van der Waals surface area contributed by atoms with Gasteiger partial charge in [0, 0.05) is 6.42 Å². The smallest absolute Gasteiger partial charge is 0.305 e. The molecule has 0 saturated heterocycles. The SMILES string of the molecule is COC(=O)CCCNCCCC1CCCC1. The highest BCUT2D eigenvalue weighted by atomic mass is 16.5. The predicted molar refractivity (Wildman–Crippen MR) is 65.3 cm³/mol. The molecule has 94 valence electrons. The first-order valence-electron chi connectivity index (χ1n) is 6.60. The summed E-state index contributed by atoms with van der Waals surface area (Å²) in [6.07, 6.45) is 9.86. The van der Waals surface area contributed by atoms with Crippen molar-refractivity contribution in [3.05, 3.63) is 0 Å². The Bertz CT molecular complexity index is 188. The van der Waals surface area contributed by atoms with Crippen molar-refractivity contribution in [2.45, 2.75) is 51.4 Å². The second kappa shape index (κ2) is 8.57. The topological polar surface area (TPSA) is 38.3 Å². The van der Waals surface area contributed by atoms with Crippen LogP contribution < -0.4 is 5.32 Å². The normalized spacial score (nSPS) is 16.6. The van der Waals surface area contributed by atoms with Crippen LogP contribution in [0.2, 0.25) is 0 Å². The maximum absolute atomic E-state index is 10.8. The third kappa shape index (κ3) is 6.11. The van der Waals surface area contributed by atoms with E-state index < -0.39 is 0 Å². The van der Waals surface area contributed by atoms with Gasteiger partial charge in [-0.05, 0) is 38.3 Å². The molecule has 1 rings (SSSR count). The van der Waals surface area contributed by atoms with Crippen LogP contribution in [0, 0.1) is 5.92 Å². The molecule has 1 saturated carbocycles. The largest absolute Gasteiger partial charge is 0.469 e. The van der Waals surface area contributed by atoms with Crippen molar-refractivity contribution in [2.24, 2.45) is 5.92 Å². The van der Waals surface area contributed by atoms with E-state index in [-0.39, 0.29) is 5.97 Å². The lowest BCUT2D eigenvalue weighted by molar-refractivity contribution is -0.140. The molecule has 0 aromatic rings. The molecule has 0 radical (unpaired) electrons. The van der Waals surface area contributed by atoms with Gasteiger partial charge < -0.3 is 10.1 Å². The van der Waals surface area contributed by atoms with E-state index in [9.17, 15) is 4.79 Å². The summed E-state index contributed by atoms with van der Waals surface area (Å²) >= 11 is 0. The second-order valence-electron chi connectivity index (χ2n) is 4.72. The van der Waals surface area contributed by atoms with Crippen LogP contribution in [0.4, 0.5) is 0 Å². The Morgan fingerprint density at radius 2 is 1.94 bits per heavy atom. The molecule has 0 spiro atoms. The van der Waals surface area contributed by atoms with Crippen molar-refractivity contribution in [3.63, 3.8) is 0 Å². The molecule has 0 aromatic carbocycles. The van der Waals surface area contributed by atoms with Gasteiger partial charge in [0.1, 0.15) is 0 Å².